The van der Waals surface area contributed by atoms with E-state index in [-0.39, 0.29) is 0 Å². The van der Waals surface area contributed by atoms with E-state index in [4.69, 9.17) is 5.11 Å². The first kappa shape index (κ1) is 12.5. The van der Waals surface area contributed by atoms with Crippen molar-refractivity contribution in [2.24, 2.45) is 5.41 Å². The Morgan fingerprint density at radius 3 is 2.20 bits per heavy atom. The van der Waals surface area contributed by atoms with Gasteiger partial charge >= 0.3 is 5.97 Å². The highest BCUT2D eigenvalue weighted by atomic mass is 16.4. The molecule has 1 rings (SSSR count). The first-order chi connectivity index (χ1) is 6.73. The summed E-state index contributed by atoms with van der Waals surface area (Å²) in [6, 6.07) is 0. The van der Waals surface area contributed by atoms with Crippen LogP contribution in [-0.4, -0.2) is 46.3 Å². The molecular formula is C11H21NO3. The highest BCUT2D eigenvalue weighted by Gasteiger charge is 2.37. The fourth-order valence-corrected chi connectivity index (χ4v) is 1.97. The Kier molecular flexibility index (Phi) is 3.41. The molecule has 4 nitrogen and oxygen atoms in total. The van der Waals surface area contributed by atoms with E-state index in [2.05, 4.69) is 4.90 Å². The quantitative estimate of drug-likeness (QED) is 0.735. The summed E-state index contributed by atoms with van der Waals surface area (Å²) in [5, 5.41) is 18.7. The molecule has 2 N–H and O–H groups in total. The SMILES string of the molecule is CC(C)(O)CN1CCC(C)(C(=O)O)CC1. The molecule has 1 fully saturated rings. The number of piperidine rings is 1. The van der Waals surface area contributed by atoms with Crippen LogP contribution in [0, 0.1) is 5.41 Å². The molecule has 0 bridgehead atoms. The van der Waals surface area contributed by atoms with Crippen LogP contribution < -0.4 is 0 Å². The van der Waals surface area contributed by atoms with Gasteiger partial charge in [-0.3, -0.25) is 4.79 Å². The van der Waals surface area contributed by atoms with Crippen LogP contribution in [0.15, 0.2) is 0 Å². The third-order valence-electron chi connectivity index (χ3n) is 3.09. The normalized spacial score (nSPS) is 22.7. The lowest BCUT2D eigenvalue weighted by atomic mass is 9.80. The summed E-state index contributed by atoms with van der Waals surface area (Å²) >= 11 is 0. The Labute approximate surface area is 90.9 Å². The van der Waals surface area contributed by atoms with E-state index >= 15 is 0 Å². The summed E-state index contributed by atoms with van der Waals surface area (Å²) in [6.45, 7) is 7.48. The summed E-state index contributed by atoms with van der Waals surface area (Å²) in [6.07, 6.45) is 1.33. The fourth-order valence-electron chi connectivity index (χ4n) is 1.97. The Bertz CT molecular complexity index is 237. The second kappa shape index (κ2) is 4.10. The van der Waals surface area contributed by atoms with Crippen molar-refractivity contribution in [3.63, 3.8) is 0 Å². The van der Waals surface area contributed by atoms with Crippen molar-refractivity contribution < 1.29 is 15.0 Å². The molecule has 4 heteroatoms. The van der Waals surface area contributed by atoms with Gasteiger partial charge in [0, 0.05) is 6.54 Å². The van der Waals surface area contributed by atoms with E-state index in [1.807, 2.05) is 0 Å². The average Bonchev–Trinajstić information content (AvgIpc) is 2.07. The van der Waals surface area contributed by atoms with Gasteiger partial charge in [0.2, 0.25) is 0 Å². The number of carboxylic acid groups (broad SMARTS) is 1. The monoisotopic (exact) mass is 215 g/mol. The number of nitrogens with zero attached hydrogens (tertiary/aromatic N) is 1. The van der Waals surface area contributed by atoms with Crippen molar-refractivity contribution in [3.05, 3.63) is 0 Å². The smallest absolute Gasteiger partial charge is 0.309 e. The summed E-state index contributed by atoms with van der Waals surface area (Å²) in [7, 11) is 0. The average molecular weight is 215 g/mol. The van der Waals surface area contributed by atoms with E-state index in [0.717, 1.165) is 13.1 Å². The topological polar surface area (TPSA) is 60.8 Å². The first-order valence-corrected chi connectivity index (χ1v) is 5.41. The minimum absolute atomic E-state index is 0.573. The number of β-amino-alcohol motifs (C(OH)–C–C–N with tert-alkyl or cyclic N) is 1. The van der Waals surface area contributed by atoms with Gasteiger partial charge in [0.1, 0.15) is 0 Å². The molecule has 1 saturated heterocycles. The van der Waals surface area contributed by atoms with Crippen LogP contribution in [0.2, 0.25) is 0 Å². The van der Waals surface area contributed by atoms with Crippen LogP contribution in [0.3, 0.4) is 0 Å². The van der Waals surface area contributed by atoms with Gasteiger partial charge in [-0.25, -0.2) is 0 Å². The molecule has 15 heavy (non-hydrogen) atoms. The van der Waals surface area contributed by atoms with Gasteiger partial charge in [-0.15, -0.1) is 0 Å². The van der Waals surface area contributed by atoms with Gasteiger partial charge in [-0.1, -0.05) is 0 Å². The van der Waals surface area contributed by atoms with Gasteiger partial charge in [0.15, 0.2) is 0 Å². The number of hydrogen-bond acceptors (Lipinski definition) is 3. The lowest BCUT2D eigenvalue weighted by Gasteiger charge is -2.38. The van der Waals surface area contributed by atoms with Gasteiger partial charge < -0.3 is 15.1 Å². The van der Waals surface area contributed by atoms with E-state index in [0.29, 0.717) is 19.4 Å². The van der Waals surface area contributed by atoms with Crippen molar-refractivity contribution in [1.82, 2.24) is 4.90 Å². The van der Waals surface area contributed by atoms with E-state index in [9.17, 15) is 9.90 Å². The zero-order chi connectivity index (χ0) is 11.7. The zero-order valence-corrected chi connectivity index (χ0v) is 9.79. The number of aliphatic hydroxyl groups is 1. The molecule has 0 spiro atoms. The third-order valence-corrected chi connectivity index (χ3v) is 3.09. The molecule has 0 unspecified atom stereocenters. The fraction of sp³-hybridized carbons (Fsp3) is 0.909. The van der Waals surface area contributed by atoms with Crippen LogP contribution in [0.4, 0.5) is 0 Å². The predicted molar refractivity (Wildman–Crippen MR) is 57.7 cm³/mol. The standard InChI is InChI=1S/C11H21NO3/c1-10(2,15)8-12-6-4-11(3,5-7-12)9(13)14/h15H,4-8H2,1-3H3,(H,13,14). The molecule has 0 aromatic heterocycles. The second-order valence-electron chi connectivity index (χ2n) is 5.45. The molecule has 0 saturated carbocycles. The molecule has 0 aromatic carbocycles. The van der Waals surface area contributed by atoms with Crippen LogP contribution >= 0.6 is 0 Å². The molecule has 1 aliphatic heterocycles. The maximum atomic E-state index is 11.0. The summed E-state index contributed by atoms with van der Waals surface area (Å²) in [5.41, 5.74) is -1.27. The zero-order valence-electron chi connectivity index (χ0n) is 9.79. The van der Waals surface area contributed by atoms with Crippen molar-refractivity contribution in [1.29, 1.82) is 0 Å². The minimum atomic E-state index is -0.703. The molecule has 1 aliphatic rings. The van der Waals surface area contributed by atoms with Gasteiger partial charge in [0.25, 0.3) is 0 Å². The van der Waals surface area contributed by atoms with Crippen LogP contribution in [0.5, 0.6) is 0 Å². The lowest BCUT2D eigenvalue weighted by Crippen LogP contribution is -2.47. The molecule has 0 radical (unpaired) electrons. The van der Waals surface area contributed by atoms with E-state index in [1.54, 1.807) is 20.8 Å². The van der Waals surface area contributed by atoms with Crippen LogP contribution in [0.25, 0.3) is 0 Å². The van der Waals surface area contributed by atoms with Crippen molar-refractivity contribution in [2.75, 3.05) is 19.6 Å². The predicted octanol–water partition coefficient (Wildman–Crippen LogP) is 0.944. The van der Waals surface area contributed by atoms with E-state index < -0.39 is 17.0 Å². The summed E-state index contributed by atoms with van der Waals surface area (Å²) in [5.74, 6) is -0.703. The molecule has 0 aromatic rings. The lowest BCUT2D eigenvalue weighted by molar-refractivity contribution is -0.151. The van der Waals surface area contributed by atoms with Crippen molar-refractivity contribution in [2.45, 2.75) is 39.2 Å². The maximum Gasteiger partial charge on any atom is 0.309 e. The van der Waals surface area contributed by atoms with E-state index in [1.165, 1.54) is 0 Å². The van der Waals surface area contributed by atoms with Gasteiger partial charge in [0.05, 0.1) is 11.0 Å². The molecule has 1 heterocycles. The Morgan fingerprint density at radius 1 is 1.40 bits per heavy atom. The Balaban J connectivity index is 2.46. The first-order valence-electron chi connectivity index (χ1n) is 5.41. The molecule has 0 amide bonds. The minimum Gasteiger partial charge on any atom is -0.481 e. The third kappa shape index (κ3) is 3.47. The van der Waals surface area contributed by atoms with Crippen molar-refractivity contribution in [3.8, 4) is 0 Å². The molecule has 0 aliphatic carbocycles. The maximum absolute atomic E-state index is 11.0. The van der Waals surface area contributed by atoms with Crippen LogP contribution in [-0.2, 0) is 4.79 Å². The largest absolute Gasteiger partial charge is 0.481 e. The number of carboxylic acids is 1. The van der Waals surface area contributed by atoms with Crippen LogP contribution in [0.1, 0.15) is 33.6 Å². The number of likely N-dealkylation sites (tertiary alicyclic amines) is 1. The van der Waals surface area contributed by atoms with Crippen molar-refractivity contribution >= 4 is 5.97 Å². The molecular weight excluding hydrogens is 194 g/mol. The second-order valence-corrected chi connectivity index (χ2v) is 5.45. The molecule has 0 atom stereocenters. The van der Waals surface area contributed by atoms with Gasteiger partial charge in [-0.2, -0.15) is 0 Å². The highest BCUT2D eigenvalue weighted by molar-refractivity contribution is 5.74. The summed E-state index contributed by atoms with van der Waals surface area (Å²) in [4.78, 5) is 13.1. The number of carbonyl (C=O) groups is 1. The van der Waals surface area contributed by atoms with Gasteiger partial charge in [-0.05, 0) is 46.7 Å². The highest BCUT2D eigenvalue weighted by Crippen LogP contribution is 2.31. The number of aliphatic carboxylic acids is 1. The number of hydrogen-bond donors (Lipinski definition) is 2. The molecule has 88 valence electrons. The number of rotatable bonds is 3. The summed E-state index contributed by atoms with van der Waals surface area (Å²) < 4.78 is 0. The Hall–Kier alpha value is -0.610. The Morgan fingerprint density at radius 2 is 1.87 bits per heavy atom.